The standard InChI is InChI=1S/C17H22N4O2.2ClH/c1-11-19-6-7-21(11)15-5-3-2-4-12(15)10-20-17(23)13-8-14(18)16(22)9-13;;/h2-7,13-14,16,22H,8-10,18H2,1H3,(H,20,23);2*1H/t13-,14-,16-;;/m0../s1. The van der Waals surface area contributed by atoms with Gasteiger partial charge in [-0.15, -0.1) is 24.8 Å². The van der Waals surface area contributed by atoms with E-state index < -0.39 is 6.10 Å². The number of para-hydroxylation sites is 1. The molecule has 6 nitrogen and oxygen atoms in total. The first-order chi connectivity index (χ1) is 11.1. The van der Waals surface area contributed by atoms with E-state index in [1.54, 1.807) is 6.20 Å². The quantitative estimate of drug-likeness (QED) is 0.745. The highest BCUT2D eigenvalue weighted by molar-refractivity contribution is 5.85. The highest BCUT2D eigenvalue weighted by atomic mass is 35.5. The van der Waals surface area contributed by atoms with E-state index in [1.807, 2.05) is 42.0 Å². The van der Waals surface area contributed by atoms with Crippen molar-refractivity contribution >= 4 is 30.7 Å². The molecule has 25 heavy (non-hydrogen) atoms. The fourth-order valence-electron chi connectivity index (χ4n) is 3.12. The van der Waals surface area contributed by atoms with Gasteiger partial charge in [0.2, 0.25) is 5.91 Å². The molecule has 1 aromatic heterocycles. The Morgan fingerprint density at radius 1 is 1.36 bits per heavy atom. The van der Waals surface area contributed by atoms with E-state index in [4.69, 9.17) is 5.73 Å². The summed E-state index contributed by atoms with van der Waals surface area (Å²) < 4.78 is 2.00. The van der Waals surface area contributed by atoms with Crippen molar-refractivity contribution in [2.24, 2.45) is 11.7 Å². The summed E-state index contributed by atoms with van der Waals surface area (Å²) in [6.45, 7) is 2.38. The van der Waals surface area contributed by atoms with Crippen LogP contribution < -0.4 is 11.1 Å². The first kappa shape index (κ1) is 21.4. The summed E-state index contributed by atoms with van der Waals surface area (Å²) in [5.41, 5.74) is 7.80. The largest absolute Gasteiger partial charge is 0.391 e. The van der Waals surface area contributed by atoms with Crippen molar-refractivity contribution in [3.8, 4) is 5.69 Å². The second-order valence-corrected chi connectivity index (χ2v) is 6.09. The molecule has 1 aliphatic carbocycles. The molecule has 4 N–H and O–H groups in total. The molecule has 1 aliphatic rings. The van der Waals surface area contributed by atoms with Crippen LogP contribution in [0.2, 0.25) is 0 Å². The third kappa shape index (κ3) is 4.73. The van der Waals surface area contributed by atoms with Crippen molar-refractivity contribution in [1.29, 1.82) is 0 Å². The van der Waals surface area contributed by atoms with Gasteiger partial charge in [0.05, 0.1) is 11.8 Å². The van der Waals surface area contributed by atoms with Crippen LogP contribution in [0, 0.1) is 12.8 Å². The van der Waals surface area contributed by atoms with Gasteiger partial charge in [0.25, 0.3) is 0 Å². The lowest BCUT2D eigenvalue weighted by Crippen LogP contribution is -2.30. The van der Waals surface area contributed by atoms with Gasteiger partial charge >= 0.3 is 0 Å². The number of carbonyl (C=O) groups is 1. The van der Waals surface area contributed by atoms with Gasteiger partial charge in [-0.1, -0.05) is 18.2 Å². The summed E-state index contributed by atoms with van der Waals surface area (Å²) in [7, 11) is 0. The lowest BCUT2D eigenvalue weighted by Gasteiger charge is -2.14. The van der Waals surface area contributed by atoms with E-state index in [0.717, 1.165) is 17.1 Å². The van der Waals surface area contributed by atoms with Crippen LogP contribution >= 0.6 is 24.8 Å². The van der Waals surface area contributed by atoms with Crippen LogP contribution in [0.4, 0.5) is 0 Å². The van der Waals surface area contributed by atoms with Gasteiger partial charge in [-0.05, 0) is 31.4 Å². The summed E-state index contributed by atoms with van der Waals surface area (Å²) in [4.78, 5) is 16.5. The zero-order valence-electron chi connectivity index (χ0n) is 14.0. The highest BCUT2D eigenvalue weighted by Crippen LogP contribution is 2.25. The highest BCUT2D eigenvalue weighted by Gasteiger charge is 2.34. The summed E-state index contributed by atoms with van der Waals surface area (Å²) >= 11 is 0. The van der Waals surface area contributed by atoms with E-state index in [0.29, 0.717) is 19.4 Å². The molecule has 0 unspecified atom stereocenters. The van der Waals surface area contributed by atoms with E-state index in [-0.39, 0.29) is 42.7 Å². The van der Waals surface area contributed by atoms with Crippen molar-refractivity contribution < 1.29 is 9.90 Å². The van der Waals surface area contributed by atoms with Crippen molar-refractivity contribution in [2.75, 3.05) is 0 Å². The molecular weight excluding hydrogens is 363 g/mol. The molecule has 1 amide bonds. The molecule has 0 bridgehead atoms. The predicted octanol–water partition coefficient (Wildman–Crippen LogP) is 1.74. The van der Waals surface area contributed by atoms with Gasteiger partial charge < -0.3 is 20.7 Å². The molecule has 1 heterocycles. The van der Waals surface area contributed by atoms with Crippen LogP contribution in [0.5, 0.6) is 0 Å². The topological polar surface area (TPSA) is 93.2 Å². The lowest BCUT2D eigenvalue weighted by atomic mass is 10.1. The molecule has 0 aliphatic heterocycles. The number of amides is 1. The zero-order valence-corrected chi connectivity index (χ0v) is 15.6. The van der Waals surface area contributed by atoms with Crippen molar-refractivity contribution in [3.63, 3.8) is 0 Å². The Hall–Kier alpha value is -1.60. The van der Waals surface area contributed by atoms with Crippen molar-refractivity contribution in [1.82, 2.24) is 14.9 Å². The van der Waals surface area contributed by atoms with E-state index >= 15 is 0 Å². The Morgan fingerprint density at radius 2 is 2.08 bits per heavy atom. The fraction of sp³-hybridized carbons (Fsp3) is 0.412. The number of carbonyl (C=O) groups excluding carboxylic acids is 1. The number of hydrogen-bond acceptors (Lipinski definition) is 4. The molecule has 0 radical (unpaired) electrons. The molecule has 8 heteroatoms. The first-order valence-electron chi connectivity index (χ1n) is 7.86. The molecule has 1 fully saturated rings. The first-order valence-corrected chi connectivity index (χ1v) is 7.86. The van der Waals surface area contributed by atoms with Gasteiger partial charge in [-0.25, -0.2) is 4.98 Å². The number of aliphatic hydroxyl groups excluding tert-OH is 1. The van der Waals surface area contributed by atoms with E-state index in [9.17, 15) is 9.90 Å². The lowest BCUT2D eigenvalue weighted by molar-refractivity contribution is -0.125. The Bertz CT molecular complexity index is 697. The Labute approximate surface area is 159 Å². The second kappa shape index (κ2) is 9.20. The number of aryl methyl sites for hydroxylation is 1. The molecule has 2 aromatic rings. The van der Waals surface area contributed by atoms with Crippen LogP contribution in [0.1, 0.15) is 24.2 Å². The van der Waals surface area contributed by atoms with Crippen molar-refractivity contribution in [3.05, 3.63) is 48.0 Å². The number of imidazole rings is 1. The number of nitrogens with zero attached hydrogens (tertiary/aromatic N) is 2. The molecule has 1 saturated carbocycles. The molecule has 3 atom stereocenters. The van der Waals surface area contributed by atoms with Gasteiger partial charge in [0.1, 0.15) is 5.82 Å². The van der Waals surface area contributed by atoms with Crippen LogP contribution in [0.15, 0.2) is 36.7 Å². The Kier molecular flexibility index (Phi) is 7.89. The number of aliphatic hydroxyl groups is 1. The molecular formula is C17H24Cl2N4O2. The molecule has 0 saturated heterocycles. The number of nitrogens with one attached hydrogen (secondary N) is 1. The summed E-state index contributed by atoms with van der Waals surface area (Å²) in [6, 6.07) is 7.61. The zero-order chi connectivity index (χ0) is 16.4. The molecule has 138 valence electrons. The maximum atomic E-state index is 12.3. The minimum absolute atomic E-state index is 0. The SMILES string of the molecule is Cc1nccn1-c1ccccc1CNC(=O)[C@H]1C[C@H](N)[C@@H](O)C1.Cl.Cl. The van der Waals surface area contributed by atoms with Gasteiger partial charge in [0.15, 0.2) is 0 Å². The van der Waals surface area contributed by atoms with Crippen LogP contribution in [-0.4, -0.2) is 32.7 Å². The average Bonchev–Trinajstić information content (AvgIpc) is 3.11. The summed E-state index contributed by atoms with van der Waals surface area (Å²) in [5.74, 6) is 0.643. The van der Waals surface area contributed by atoms with Gasteiger partial charge in [0, 0.05) is 30.9 Å². The number of benzene rings is 1. The Balaban J connectivity index is 0.00000156. The van der Waals surface area contributed by atoms with Crippen LogP contribution in [0.25, 0.3) is 5.69 Å². The Morgan fingerprint density at radius 3 is 2.68 bits per heavy atom. The fourth-order valence-corrected chi connectivity index (χ4v) is 3.12. The maximum Gasteiger partial charge on any atom is 0.223 e. The minimum atomic E-state index is -0.577. The number of aromatic nitrogens is 2. The average molecular weight is 387 g/mol. The van der Waals surface area contributed by atoms with Gasteiger partial charge in [-0.2, -0.15) is 0 Å². The number of halogens is 2. The summed E-state index contributed by atoms with van der Waals surface area (Å²) in [6.07, 6.45) is 4.06. The molecule has 1 aromatic carbocycles. The smallest absolute Gasteiger partial charge is 0.223 e. The van der Waals surface area contributed by atoms with E-state index in [2.05, 4.69) is 10.3 Å². The maximum absolute atomic E-state index is 12.3. The summed E-state index contributed by atoms with van der Waals surface area (Å²) in [5, 5.41) is 12.7. The van der Waals surface area contributed by atoms with Crippen LogP contribution in [0.3, 0.4) is 0 Å². The normalized spacial score (nSPS) is 22.0. The van der Waals surface area contributed by atoms with Gasteiger partial charge in [-0.3, -0.25) is 4.79 Å². The monoisotopic (exact) mass is 386 g/mol. The number of rotatable bonds is 4. The molecule has 0 spiro atoms. The third-order valence-electron chi connectivity index (χ3n) is 4.48. The number of nitrogens with two attached hydrogens (primary N) is 1. The predicted molar refractivity (Wildman–Crippen MR) is 101 cm³/mol. The van der Waals surface area contributed by atoms with E-state index in [1.165, 1.54) is 0 Å². The van der Waals surface area contributed by atoms with Crippen LogP contribution in [-0.2, 0) is 11.3 Å². The third-order valence-corrected chi connectivity index (χ3v) is 4.48. The number of hydrogen-bond donors (Lipinski definition) is 3. The second-order valence-electron chi connectivity index (χ2n) is 6.09. The van der Waals surface area contributed by atoms with Crippen molar-refractivity contribution in [2.45, 2.75) is 38.5 Å². The molecule has 3 rings (SSSR count). The minimum Gasteiger partial charge on any atom is -0.391 e.